The summed E-state index contributed by atoms with van der Waals surface area (Å²) < 4.78 is 10.4. The van der Waals surface area contributed by atoms with Crippen LogP contribution >= 0.6 is 0 Å². The smallest absolute Gasteiger partial charge is 0.409 e. The zero-order chi connectivity index (χ0) is 17.4. The van der Waals surface area contributed by atoms with Crippen LogP contribution in [0.4, 0.5) is 4.79 Å². The first-order valence-electron chi connectivity index (χ1n) is 8.55. The highest BCUT2D eigenvalue weighted by Crippen LogP contribution is 2.14. The van der Waals surface area contributed by atoms with Crippen molar-refractivity contribution in [3.63, 3.8) is 0 Å². The minimum atomic E-state index is -0.293. The molecule has 2 rings (SSSR count). The maximum atomic E-state index is 12.5. The number of nitrogens with zero attached hydrogens (tertiary/aromatic N) is 2. The van der Waals surface area contributed by atoms with Crippen LogP contribution in [0.1, 0.15) is 25.8 Å². The summed E-state index contributed by atoms with van der Waals surface area (Å²) in [6, 6.07) is 7.62. The van der Waals surface area contributed by atoms with E-state index in [1.807, 2.05) is 36.1 Å². The quantitative estimate of drug-likeness (QED) is 0.829. The second-order valence-corrected chi connectivity index (χ2v) is 5.67. The van der Waals surface area contributed by atoms with E-state index in [-0.39, 0.29) is 12.0 Å². The third kappa shape index (κ3) is 5.15. The van der Waals surface area contributed by atoms with Gasteiger partial charge in [0, 0.05) is 26.2 Å². The van der Waals surface area contributed by atoms with Gasteiger partial charge in [0.2, 0.25) is 5.91 Å². The van der Waals surface area contributed by atoms with E-state index in [1.54, 1.807) is 11.8 Å². The molecule has 0 spiro atoms. The largest absolute Gasteiger partial charge is 0.494 e. The molecule has 1 heterocycles. The van der Waals surface area contributed by atoms with E-state index in [0.717, 1.165) is 17.7 Å². The van der Waals surface area contributed by atoms with E-state index in [2.05, 4.69) is 0 Å². The van der Waals surface area contributed by atoms with Gasteiger partial charge in [-0.1, -0.05) is 12.1 Å². The molecular weight excluding hydrogens is 308 g/mol. The van der Waals surface area contributed by atoms with Gasteiger partial charge in [-0.2, -0.15) is 0 Å². The summed E-state index contributed by atoms with van der Waals surface area (Å²) in [4.78, 5) is 27.8. The van der Waals surface area contributed by atoms with E-state index >= 15 is 0 Å². The van der Waals surface area contributed by atoms with Crippen LogP contribution in [-0.2, 0) is 16.0 Å². The number of ether oxygens (including phenoxy) is 2. The van der Waals surface area contributed by atoms with Crippen LogP contribution in [0.3, 0.4) is 0 Å². The van der Waals surface area contributed by atoms with Gasteiger partial charge < -0.3 is 19.3 Å². The first kappa shape index (κ1) is 18.1. The van der Waals surface area contributed by atoms with Crippen LogP contribution in [0.15, 0.2) is 24.3 Å². The van der Waals surface area contributed by atoms with Gasteiger partial charge >= 0.3 is 6.09 Å². The van der Waals surface area contributed by atoms with Gasteiger partial charge in [0.15, 0.2) is 0 Å². The Labute approximate surface area is 143 Å². The van der Waals surface area contributed by atoms with E-state index in [0.29, 0.717) is 45.8 Å². The molecule has 132 valence electrons. The van der Waals surface area contributed by atoms with Crippen molar-refractivity contribution in [2.24, 2.45) is 0 Å². The van der Waals surface area contributed by atoms with Gasteiger partial charge in [0.25, 0.3) is 0 Å². The summed E-state index contributed by atoms with van der Waals surface area (Å²) in [6.45, 7) is 7.11. The maximum Gasteiger partial charge on any atom is 0.409 e. The topological polar surface area (TPSA) is 59.1 Å². The Morgan fingerprint density at radius 3 is 2.29 bits per heavy atom. The fourth-order valence-electron chi connectivity index (χ4n) is 2.72. The fourth-order valence-corrected chi connectivity index (χ4v) is 2.72. The molecular formula is C18H26N2O4. The van der Waals surface area contributed by atoms with Gasteiger partial charge in [-0.05, 0) is 38.0 Å². The Morgan fingerprint density at radius 2 is 1.62 bits per heavy atom. The molecule has 1 aliphatic heterocycles. The number of hydrogen-bond donors (Lipinski definition) is 0. The lowest BCUT2D eigenvalue weighted by atomic mass is 10.1. The Bertz CT molecular complexity index is 544. The molecule has 0 N–H and O–H groups in total. The van der Waals surface area contributed by atoms with Crippen LogP contribution in [0.25, 0.3) is 0 Å². The summed E-state index contributed by atoms with van der Waals surface area (Å²) in [7, 11) is 0. The van der Waals surface area contributed by atoms with Crippen molar-refractivity contribution < 1.29 is 19.1 Å². The lowest BCUT2D eigenvalue weighted by molar-refractivity contribution is -0.130. The fraction of sp³-hybridized carbons (Fsp3) is 0.556. The highest BCUT2D eigenvalue weighted by atomic mass is 16.6. The average molecular weight is 334 g/mol. The van der Waals surface area contributed by atoms with Crippen molar-refractivity contribution in [3.05, 3.63) is 29.8 Å². The lowest BCUT2D eigenvalue weighted by Crippen LogP contribution is -2.38. The van der Waals surface area contributed by atoms with E-state index in [1.165, 1.54) is 0 Å². The molecule has 1 fully saturated rings. The van der Waals surface area contributed by atoms with Crippen molar-refractivity contribution in [1.29, 1.82) is 0 Å². The number of amides is 2. The minimum Gasteiger partial charge on any atom is -0.494 e. The first-order valence-corrected chi connectivity index (χ1v) is 8.55. The average Bonchev–Trinajstić information content (AvgIpc) is 2.83. The predicted molar refractivity (Wildman–Crippen MR) is 91.1 cm³/mol. The summed E-state index contributed by atoms with van der Waals surface area (Å²) in [5, 5.41) is 0. The van der Waals surface area contributed by atoms with Crippen LogP contribution < -0.4 is 4.74 Å². The molecule has 0 aliphatic carbocycles. The molecule has 1 aromatic carbocycles. The highest BCUT2D eigenvalue weighted by Gasteiger charge is 2.22. The van der Waals surface area contributed by atoms with Crippen LogP contribution in [-0.4, -0.2) is 61.2 Å². The molecule has 24 heavy (non-hydrogen) atoms. The Balaban J connectivity index is 1.87. The Hall–Kier alpha value is -2.24. The summed E-state index contributed by atoms with van der Waals surface area (Å²) in [5.41, 5.74) is 0.968. The van der Waals surface area contributed by atoms with Crippen LogP contribution in [0, 0.1) is 0 Å². The molecule has 0 saturated carbocycles. The van der Waals surface area contributed by atoms with Crippen molar-refractivity contribution >= 4 is 12.0 Å². The highest BCUT2D eigenvalue weighted by molar-refractivity contribution is 5.79. The predicted octanol–water partition coefficient (Wildman–Crippen LogP) is 2.32. The molecule has 6 nitrogen and oxygen atoms in total. The molecule has 1 aromatic rings. The van der Waals surface area contributed by atoms with Crippen LogP contribution in [0.5, 0.6) is 5.75 Å². The van der Waals surface area contributed by atoms with E-state index in [4.69, 9.17) is 9.47 Å². The number of benzene rings is 1. The van der Waals surface area contributed by atoms with Gasteiger partial charge in [0.05, 0.1) is 19.6 Å². The monoisotopic (exact) mass is 334 g/mol. The first-order chi connectivity index (χ1) is 11.6. The van der Waals surface area contributed by atoms with Crippen molar-refractivity contribution in [2.75, 3.05) is 39.4 Å². The number of rotatable bonds is 5. The van der Waals surface area contributed by atoms with Gasteiger partial charge in [-0.3, -0.25) is 4.79 Å². The third-order valence-electron chi connectivity index (χ3n) is 3.96. The number of carbonyl (C=O) groups excluding carboxylic acids is 2. The second-order valence-electron chi connectivity index (χ2n) is 5.67. The molecule has 2 amide bonds. The molecule has 6 heteroatoms. The van der Waals surface area contributed by atoms with Crippen LogP contribution in [0.2, 0.25) is 0 Å². The number of hydrogen-bond acceptors (Lipinski definition) is 4. The summed E-state index contributed by atoms with van der Waals surface area (Å²) in [5.74, 6) is 0.901. The van der Waals surface area contributed by atoms with E-state index < -0.39 is 0 Å². The maximum absolute atomic E-state index is 12.5. The molecule has 0 atom stereocenters. The van der Waals surface area contributed by atoms with Gasteiger partial charge in [-0.15, -0.1) is 0 Å². The molecule has 1 aliphatic rings. The van der Waals surface area contributed by atoms with E-state index in [9.17, 15) is 9.59 Å². The summed E-state index contributed by atoms with van der Waals surface area (Å²) >= 11 is 0. The Kier molecular flexibility index (Phi) is 6.90. The zero-order valence-corrected chi connectivity index (χ0v) is 14.5. The van der Waals surface area contributed by atoms with Gasteiger partial charge in [-0.25, -0.2) is 4.79 Å². The molecule has 0 aromatic heterocycles. The number of carbonyl (C=O) groups is 2. The normalized spacial score (nSPS) is 14.9. The molecule has 0 radical (unpaired) electrons. The molecule has 0 bridgehead atoms. The SMILES string of the molecule is CCOC(=O)N1CCCN(C(=O)Cc2ccc(OCC)cc2)CC1. The summed E-state index contributed by atoms with van der Waals surface area (Å²) in [6.07, 6.45) is 0.845. The lowest BCUT2D eigenvalue weighted by Gasteiger charge is -2.21. The third-order valence-corrected chi connectivity index (χ3v) is 3.96. The Morgan fingerprint density at radius 1 is 0.958 bits per heavy atom. The molecule has 0 unspecified atom stereocenters. The van der Waals surface area contributed by atoms with Crippen molar-refractivity contribution in [3.8, 4) is 5.75 Å². The second kappa shape index (κ2) is 9.15. The minimum absolute atomic E-state index is 0.0878. The van der Waals surface area contributed by atoms with Crippen molar-refractivity contribution in [1.82, 2.24) is 9.80 Å². The zero-order valence-electron chi connectivity index (χ0n) is 14.5. The van der Waals surface area contributed by atoms with Gasteiger partial charge in [0.1, 0.15) is 5.75 Å². The molecule has 1 saturated heterocycles. The van der Waals surface area contributed by atoms with Crippen molar-refractivity contribution in [2.45, 2.75) is 26.7 Å². The standard InChI is InChI=1S/C18H26N2O4/c1-3-23-16-8-6-15(7-9-16)14-17(21)19-10-5-11-20(13-12-19)18(22)24-4-2/h6-9H,3-5,10-14H2,1-2H3.